The molecule has 0 heterocycles. The standard InChI is InChI=1S/C11H14BrClS/c1-14-7-6-10(8-13)9-2-4-11(12)5-3-9/h2-5,10H,6-8H2,1H3. The first-order valence-corrected chi connectivity index (χ1v) is 7.30. The van der Waals surface area contributed by atoms with Gasteiger partial charge in [-0.2, -0.15) is 11.8 Å². The third-order valence-electron chi connectivity index (χ3n) is 2.20. The Hall–Kier alpha value is 0.340. The van der Waals surface area contributed by atoms with E-state index in [-0.39, 0.29) is 0 Å². The lowest BCUT2D eigenvalue weighted by molar-refractivity contribution is 0.748. The summed E-state index contributed by atoms with van der Waals surface area (Å²) in [5, 5.41) is 0. The molecule has 0 saturated heterocycles. The molecule has 0 nitrogen and oxygen atoms in total. The SMILES string of the molecule is CSCCC(CCl)c1ccc(Br)cc1. The van der Waals surface area contributed by atoms with Gasteiger partial charge in [0.2, 0.25) is 0 Å². The molecule has 0 saturated carbocycles. The van der Waals surface area contributed by atoms with Crippen molar-refractivity contribution in [2.45, 2.75) is 12.3 Å². The van der Waals surface area contributed by atoms with Crippen LogP contribution in [0.4, 0.5) is 0 Å². The number of benzene rings is 1. The lowest BCUT2D eigenvalue weighted by atomic mass is 9.99. The zero-order valence-electron chi connectivity index (χ0n) is 8.17. The molecule has 3 heteroatoms. The van der Waals surface area contributed by atoms with E-state index in [0.29, 0.717) is 11.8 Å². The van der Waals surface area contributed by atoms with Crippen LogP contribution in [-0.2, 0) is 0 Å². The molecule has 0 fully saturated rings. The fraction of sp³-hybridized carbons (Fsp3) is 0.455. The molecule has 1 rings (SSSR count). The molecule has 0 N–H and O–H groups in total. The van der Waals surface area contributed by atoms with Gasteiger partial charge in [0.25, 0.3) is 0 Å². The topological polar surface area (TPSA) is 0 Å². The number of hydrogen-bond donors (Lipinski definition) is 0. The summed E-state index contributed by atoms with van der Waals surface area (Å²) < 4.78 is 1.12. The maximum Gasteiger partial charge on any atom is 0.0292 e. The van der Waals surface area contributed by atoms with Gasteiger partial charge in [0.1, 0.15) is 0 Å². The van der Waals surface area contributed by atoms with Crippen molar-refractivity contribution in [1.29, 1.82) is 0 Å². The second-order valence-electron chi connectivity index (χ2n) is 3.18. The van der Waals surface area contributed by atoms with E-state index >= 15 is 0 Å². The summed E-state index contributed by atoms with van der Waals surface area (Å²) in [5.41, 5.74) is 1.34. The molecule has 0 bridgehead atoms. The minimum Gasteiger partial charge on any atom is -0.165 e. The van der Waals surface area contributed by atoms with Gasteiger partial charge in [-0.05, 0) is 42.0 Å². The summed E-state index contributed by atoms with van der Waals surface area (Å²) in [6.07, 6.45) is 3.29. The quantitative estimate of drug-likeness (QED) is 0.719. The molecule has 0 aromatic heterocycles. The third-order valence-corrected chi connectivity index (χ3v) is 3.74. The molecule has 1 atom stereocenters. The van der Waals surface area contributed by atoms with Crippen molar-refractivity contribution in [2.75, 3.05) is 17.9 Å². The van der Waals surface area contributed by atoms with E-state index in [4.69, 9.17) is 11.6 Å². The zero-order valence-corrected chi connectivity index (χ0v) is 11.3. The minimum absolute atomic E-state index is 0.497. The van der Waals surface area contributed by atoms with Crippen LogP contribution in [0, 0.1) is 0 Å². The van der Waals surface area contributed by atoms with Gasteiger partial charge in [0, 0.05) is 10.4 Å². The van der Waals surface area contributed by atoms with Crippen molar-refractivity contribution < 1.29 is 0 Å². The highest BCUT2D eigenvalue weighted by Crippen LogP contribution is 2.24. The van der Waals surface area contributed by atoms with Crippen molar-refractivity contribution in [1.82, 2.24) is 0 Å². The molecule has 78 valence electrons. The first kappa shape index (κ1) is 12.4. The van der Waals surface area contributed by atoms with Crippen molar-refractivity contribution in [2.24, 2.45) is 0 Å². The van der Waals surface area contributed by atoms with Gasteiger partial charge in [-0.1, -0.05) is 28.1 Å². The average Bonchev–Trinajstić information content (AvgIpc) is 2.21. The smallest absolute Gasteiger partial charge is 0.0292 e. The van der Waals surface area contributed by atoms with E-state index < -0.39 is 0 Å². The maximum absolute atomic E-state index is 5.96. The van der Waals surface area contributed by atoms with Gasteiger partial charge in [-0.15, -0.1) is 11.6 Å². The van der Waals surface area contributed by atoms with E-state index in [1.807, 2.05) is 11.8 Å². The van der Waals surface area contributed by atoms with E-state index in [2.05, 4.69) is 46.5 Å². The molecule has 0 spiro atoms. The minimum atomic E-state index is 0.497. The summed E-state index contributed by atoms with van der Waals surface area (Å²) in [6.45, 7) is 0. The second kappa shape index (κ2) is 6.76. The second-order valence-corrected chi connectivity index (χ2v) is 5.39. The fourth-order valence-corrected chi connectivity index (χ4v) is 2.44. The molecule has 1 aromatic rings. The Balaban J connectivity index is 2.64. The zero-order chi connectivity index (χ0) is 10.4. The number of halogens is 2. The van der Waals surface area contributed by atoms with Crippen molar-refractivity contribution in [3.63, 3.8) is 0 Å². The Morgan fingerprint density at radius 2 is 2.00 bits per heavy atom. The van der Waals surface area contributed by atoms with Crippen LogP contribution in [0.5, 0.6) is 0 Å². The van der Waals surface area contributed by atoms with Gasteiger partial charge in [-0.25, -0.2) is 0 Å². The van der Waals surface area contributed by atoms with Crippen LogP contribution in [0.2, 0.25) is 0 Å². The highest BCUT2D eigenvalue weighted by molar-refractivity contribution is 9.10. The van der Waals surface area contributed by atoms with E-state index in [1.165, 1.54) is 11.3 Å². The Morgan fingerprint density at radius 1 is 1.36 bits per heavy atom. The molecular formula is C11H14BrClS. The summed E-state index contributed by atoms with van der Waals surface area (Å²) in [5.74, 6) is 2.38. The molecule has 0 aliphatic carbocycles. The molecule has 14 heavy (non-hydrogen) atoms. The number of thioether (sulfide) groups is 1. The summed E-state index contributed by atoms with van der Waals surface area (Å²) in [4.78, 5) is 0. The molecule has 0 radical (unpaired) electrons. The van der Waals surface area contributed by atoms with Crippen LogP contribution in [-0.4, -0.2) is 17.9 Å². The average molecular weight is 294 g/mol. The van der Waals surface area contributed by atoms with Crippen LogP contribution in [0.25, 0.3) is 0 Å². The van der Waals surface area contributed by atoms with Crippen LogP contribution in [0.3, 0.4) is 0 Å². The summed E-state index contributed by atoms with van der Waals surface area (Å²) in [6, 6.07) is 8.46. The van der Waals surface area contributed by atoms with Crippen molar-refractivity contribution in [3.8, 4) is 0 Å². The van der Waals surface area contributed by atoms with Crippen molar-refractivity contribution >= 4 is 39.3 Å². The molecular weight excluding hydrogens is 280 g/mol. The molecule has 1 aromatic carbocycles. The van der Waals surface area contributed by atoms with Crippen LogP contribution in [0.1, 0.15) is 17.9 Å². The first-order valence-electron chi connectivity index (χ1n) is 4.58. The molecule has 1 unspecified atom stereocenters. The Labute approximate surface area is 104 Å². The first-order chi connectivity index (χ1) is 6.77. The van der Waals surface area contributed by atoms with Crippen LogP contribution >= 0.6 is 39.3 Å². The normalized spacial score (nSPS) is 12.8. The molecule has 0 aliphatic heterocycles. The predicted molar refractivity (Wildman–Crippen MR) is 70.6 cm³/mol. The molecule has 0 aliphatic rings. The summed E-state index contributed by atoms with van der Waals surface area (Å²) >= 11 is 11.3. The van der Waals surface area contributed by atoms with Gasteiger partial charge >= 0.3 is 0 Å². The summed E-state index contributed by atoms with van der Waals surface area (Å²) in [7, 11) is 0. The monoisotopic (exact) mass is 292 g/mol. The van der Waals surface area contributed by atoms with E-state index in [0.717, 1.165) is 10.9 Å². The maximum atomic E-state index is 5.96. The van der Waals surface area contributed by atoms with E-state index in [9.17, 15) is 0 Å². The Morgan fingerprint density at radius 3 is 2.50 bits per heavy atom. The van der Waals surface area contributed by atoms with E-state index in [1.54, 1.807) is 0 Å². The highest BCUT2D eigenvalue weighted by atomic mass is 79.9. The highest BCUT2D eigenvalue weighted by Gasteiger charge is 2.09. The Bertz CT molecular complexity index is 260. The number of hydrogen-bond acceptors (Lipinski definition) is 1. The van der Waals surface area contributed by atoms with Gasteiger partial charge in [-0.3, -0.25) is 0 Å². The van der Waals surface area contributed by atoms with Gasteiger partial charge in [0.05, 0.1) is 0 Å². The molecule has 0 amide bonds. The van der Waals surface area contributed by atoms with Gasteiger partial charge in [0.15, 0.2) is 0 Å². The van der Waals surface area contributed by atoms with Crippen LogP contribution < -0.4 is 0 Å². The largest absolute Gasteiger partial charge is 0.165 e. The Kier molecular flexibility index (Phi) is 5.99. The lowest BCUT2D eigenvalue weighted by Gasteiger charge is -2.13. The number of alkyl halides is 1. The lowest BCUT2D eigenvalue weighted by Crippen LogP contribution is -2.01. The fourth-order valence-electron chi connectivity index (χ4n) is 1.33. The van der Waals surface area contributed by atoms with Crippen molar-refractivity contribution in [3.05, 3.63) is 34.3 Å². The number of rotatable bonds is 5. The predicted octanol–water partition coefficient (Wildman–Crippen LogP) is 4.52. The van der Waals surface area contributed by atoms with Gasteiger partial charge < -0.3 is 0 Å². The van der Waals surface area contributed by atoms with Crippen LogP contribution in [0.15, 0.2) is 28.7 Å². The third kappa shape index (κ3) is 3.84.